The molecule has 1 aromatic heterocycles. The van der Waals surface area contributed by atoms with Crippen molar-refractivity contribution in [2.45, 2.75) is 26.3 Å². The largest absolute Gasteiger partial charge is 0.352 e. The third kappa shape index (κ3) is 3.48. The fraction of sp³-hybridized carbons (Fsp3) is 0.238. The van der Waals surface area contributed by atoms with Crippen LogP contribution >= 0.6 is 0 Å². The van der Waals surface area contributed by atoms with Crippen LogP contribution in [0.1, 0.15) is 23.7 Å². The number of para-hydroxylation sites is 1. The minimum Gasteiger partial charge on any atom is -0.352 e. The van der Waals surface area contributed by atoms with Gasteiger partial charge < -0.3 is 10.2 Å². The SMILES string of the molecule is CCc1cc(N2CCc3ccccc3C2)nc(Nc2ccccc2)n1. The highest BCUT2D eigenvalue weighted by molar-refractivity contribution is 5.56. The minimum atomic E-state index is 0.666. The van der Waals surface area contributed by atoms with Gasteiger partial charge in [0.15, 0.2) is 0 Å². The van der Waals surface area contributed by atoms with E-state index in [1.807, 2.05) is 30.3 Å². The van der Waals surface area contributed by atoms with E-state index >= 15 is 0 Å². The zero-order chi connectivity index (χ0) is 17.1. The first-order valence-electron chi connectivity index (χ1n) is 8.83. The number of aromatic nitrogens is 2. The summed E-state index contributed by atoms with van der Waals surface area (Å²) in [6, 6.07) is 20.9. The van der Waals surface area contributed by atoms with Crippen LogP contribution in [0.2, 0.25) is 0 Å². The number of fused-ring (bicyclic) bond motifs is 1. The first kappa shape index (κ1) is 15.6. The maximum absolute atomic E-state index is 4.78. The summed E-state index contributed by atoms with van der Waals surface area (Å²) in [6.45, 7) is 4.02. The number of hydrogen-bond donors (Lipinski definition) is 1. The van der Waals surface area contributed by atoms with E-state index < -0.39 is 0 Å². The summed E-state index contributed by atoms with van der Waals surface area (Å²) in [4.78, 5) is 11.8. The maximum atomic E-state index is 4.78. The minimum absolute atomic E-state index is 0.666. The number of hydrogen-bond acceptors (Lipinski definition) is 4. The molecular weight excluding hydrogens is 308 g/mol. The summed E-state index contributed by atoms with van der Waals surface area (Å²) in [7, 11) is 0. The Hall–Kier alpha value is -2.88. The normalized spacial score (nSPS) is 13.4. The molecule has 25 heavy (non-hydrogen) atoms. The summed E-state index contributed by atoms with van der Waals surface area (Å²) >= 11 is 0. The van der Waals surface area contributed by atoms with Crippen molar-refractivity contribution in [2.24, 2.45) is 0 Å². The average molecular weight is 330 g/mol. The van der Waals surface area contributed by atoms with Gasteiger partial charge in [-0.05, 0) is 36.1 Å². The predicted octanol–water partition coefficient (Wildman–Crippen LogP) is 4.35. The van der Waals surface area contributed by atoms with E-state index in [0.29, 0.717) is 5.95 Å². The topological polar surface area (TPSA) is 41.1 Å². The molecule has 0 bridgehead atoms. The van der Waals surface area contributed by atoms with Crippen molar-refractivity contribution in [2.75, 3.05) is 16.8 Å². The molecule has 0 radical (unpaired) electrons. The Morgan fingerprint density at radius 1 is 0.960 bits per heavy atom. The lowest BCUT2D eigenvalue weighted by molar-refractivity contribution is 0.718. The van der Waals surface area contributed by atoms with Crippen LogP contribution in [-0.4, -0.2) is 16.5 Å². The molecule has 0 fully saturated rings. The molecule has 4 heteroatoms. The molecular formula is C21H22N4. The Kier molecular flexibility index (Phi) is 4.34. The fourth-order valence-corrected chi connectivity index (χ4v) is 3.22. The molecule has 0 spiro atoms. The first-order chi connectivity index (χ1) is 12.3. The fourth-order valence-electron chi connectivity index (χ4n) is 3.22. The van der Waals surface area contributed by atoms with Gasteiger partial charge in [0.25, 0.3) is 0 Å². The Labute approximate surface area is 148 Å². The molecule has 1 N–H and O–H groups in total. The Balaban J connectivity index is 1.62. The number of benzene rings is 2. The summed E-state index contributed by atoms with van der Waals surface area (Å²) in [5.41, 5.74) is 4.90. The van der Waals surface area contributed by atoms with E-state index in [9.17, 15) is 0 Å². The van der Waals surface area contributed by atoms with Crippen LogP contribution < -0.4 is 10.2 Å². The van der Waals surface area contributed by atoms with Gasteiger partial charge in [-0.2, -0.15) is 4.98 Å². The Morgan fingerprint density at radius 2 is 1.72 bits per heavy atom. The standard InChI is InChI=1S/C21H22N4/c1-2-18-14-20(24-21(22-18)23-19-10-4-3-5-11-19)25-13-12-16-8-6-7-9-17(16)15-25/h3-11,14H,2,12-13,15H2,1H3,(H,22,23,24). The average Bonchev–Trinajstić information content (AvgIpc) is 2.68. The smallest absolute Gasteiger partial charge is 0.229 e. The number of nitrogens with zero attached hydrogens (tertiary/aromatic N) is 3. The zero-order valence-electron chi connectivity index (χ0n) is 14.4. The van der Waals surface area contributed by atoms with E-state index in [0.717, 1.165) is 43.1 Å². The van der Waals surface area contributed by atoms with Gasteiger partial charge in [-0.3, -0.25) is 0 Å². The van der Waals surface area contributed by atoms with Crippen LogP contribution in [-0.2, 0) is 19.4 Å². The molecule has 1 aliphatic heterocycles. The quantitative estimate of drug-likeness (QED) is 0.772. The van der Waals surface area contributed by atoms with Gasteiger partial charge in [-0.15, -0.1) is 0 Å². The van der Waals surface area contributed by atoms with Crippen molar-refractivity contribution in [3.63, 3.8) is 0 Å². The van der Waals surface area contributed by atoms with Crippen molar-refractivity contribution >= 4 is 17.5 Å². The lowest BCUT2D eigenvalue weighted by Gasteiger charge is -2.30. The molecule has 4 rings (SSSR count). The highest BCUT2D eigenvalue weighted by atomic mass is 15.2. The van der Waals surface area contributed by atoms with E-state index in [4.69, 9.17) is 4.98 Å². The van der Waals surface area contributed by atoms with Gasteiger partial charge in [0.1, 0.15) is 5.82 Å². The van der Waals surface area contributed by atoms with Crippen molar-refractivity contribution in [3.05, 3.63) is 77.5 Å². The highest BCUT2D eigenvalue weighted by Gasteiger charge is 2.18. The maximum Gasteiger partial charge on any atom is 0.229 e. The summed E-state index contributed by atoms with van der Waals surface area (Å²) in [5, 5.41) is 3.33. The van der Waals surface area contributed by atoms with E-state index in [1.54, 1.807) is 0 Å². The second-order valence-corrected chi connectivity index (χ2v) is 6.33. The monoisotopic (exact) mass is 330 g/mol. The van der Waals surface area contributed by atoms with Crippen molar-refractivity contribution in [3.8, 4) is 0 Å². The van der Waals surface area contributed by atoms with Crippen molar-refractivity contribution in [1.29, 1.82) is 0 Å². The van der Waals surface area contributed by atoms with E-state index in [1.165, 1.54) is 11.1 Å². The molecule has 0 saturated carbocycles. The molecule has 4 nitrogen and oxygen atoms in total. The molecule has 2 aromatic carbocycles. The van der Waals surface area contributed by atoms with Crippen LogP contribution in [0.4, 0.5) is 17.5 Å². The predicted molar refractivity (Wildman–Crippen MR) is 102 cm³/mol. The molecule has 126 valence electrons. The molecule has 1 aliphatic rings. The van der Waals surface area contributed by atoms with Gasteiger partial charge in [0, 0.05) is 30.5 Å². The number of rotatable bonds is 4. The van der Waals surface area contributed by atoms with Crippen LogP contribution in [0.3, 0.4) is 0 Å². The van der Waals surface area contributed by atoms with Crippen molar-refractivity contribution < 1.29 is 0 Å². The first-order valence-corrected chi connectivity index (χ1v) is 8.83. The molecule has 0 amide bonds. The Morgan fingerprint density at radius 3 is 2.52 bits per heavy atom. The van der Waals surface area contributed by atoms with Gasteiger partial charge in [0.2, 0.25) is 5.95 Å². The summed E-state index contributed by atoms with van der Waals surface area (Å²) in [6.07, 6.45) is 1.95. The van der Waals surface area contributed by atoms with Crippen molar-refractivity contribution in [1.82, 2.24) is 9.97 Å². The number of nitrogens with one attached hydrogen (secondary N) is 1. The lowest BCUT2D eigenvalue weighted by Crippen LogP contribution is -2.31. The molecule has 0 saturated heterocycles. The third-order valence-electron chi connectivity index (χ3n) is 4.61. The zero-order valence-corrected chi connectivity index (χ0v) is 14.4. The molecule has 0 aliphatic carbocycles. The van der Waals surface area contributed by atoms with Crippen LogP contribution in [0.25, 0.3) is 0 Å². The lowest BCUT2D eigenvalue weighted by atomic mass is 10.00. The number of anilines is 3. The second-order valence-electron chi connectivity index (χ2n) is 6.33. The van der Waals surface area contributed by atoms with Gasteiger partial charge in [0.05, 0.1) is 0 Å². The van der Waals surface area contributed by atoms with E-state index in [-0.39, 0.29) is 0 Å². The third-order valence-corrected chi connectivity index (χ3v) is 4.61. The van der Waals surface area contributed by atoms with E-state index in [2.05, 4.69) is 52.5 Å². The van der Waals surface area contributed by atoms with Gasteiger partial charge in [-0.1, -0.05) is 49.4 Å². The van der Waals surface area contributed by atoms with Gasteiger partial charge in [-0.25, -0.2) is 4.98 Å². The molecule has 0 atom stereocenters. The van der Waals surface area contributed by atoms with Crippen LogP contribution in [0, 0.1) is 0 Å². The van der Waals surface area contributed by atoms with Crippen LogP contribution in [0.5, 0.6) is 0 Å². The summed E-state index contributed by atoms with van der Waals surface area (Å²) < 4.78 is 0. The second kappa shape index (κ2) is 6.93. The van der Waals surface area contributed by atoms with Crippen LogP contribution in [0.15, 0.2) is 60.7 Å². The molecule has 3 aromatic rings. The molecule has 0 unspecified atom stereocenters. The molecule has 2 heterocycles. The number of aryl methyl sites for hydroxylation is 1. The highest BCUT2D eigenvalue weighted by Crippen LogP contribution is 2.25. The summed E-state index contributed by atoms with van der Waals surface area (Å²) in [5.74, 6) is 1.67. The van der Waals surface area contributed by atoms with Gasteiger partial charge >= 0.3 is 0 Å². The Bertz CT molecular complexity index is 861.